The number of benzene rings is 1. The molecule has 1 aromatic rings. The molecular formula is C16H22. The number of hydrogen-bond donors (Lipinski definition) is 0. The van der Waals surface area contributed by atoms with Crippen LogP contribution in [0.2, 0.25) is 0 Å². The van der Waals surface area contributed by atoms with Gasteiger partial charge in [0.25, 0.3) is 0 Å². The third kappa shape index (κ3) is 2.03. The number of fused-ring (bicyclic) bond motifs is 2. The summed E-state index contributed by atoms with van der Waals surface area (Å²) < 4.78 is 0. The Balaban J connectivity index is 2.00. The van der Waals surface area contributed by atoms with Crippen LogP contribution in [-0.2, 0) is 25.7 Å². The second-order valence-corrected chi connectivity index (χ2v) is 5.51. The summed E-state index contributed by atoms with van der Waals surface area (Å²) in [6.07, 6.45) is 13.8. The third-order valence-electron chi connectivity index (χ3n) is 4.31. The molecule has 86 valence electrons. The van der Waals surface area contributed by atoms with E-state index >= 15 is 0 Å². The van der Waals surface area contributed by atoms with Crippen LogP contribution >= 0.6 is 0 Å². The van der Waals surface area contributed by atoms with Crippen molar-refractivity contribution in [1.29, 1.82) is 0 Å². The van der Waals surface area contributed by atoms with E-state index in [9.17, 15) is 0 Å². The first-order valence-electron chi connectivity index (χ1n) is 7.07. The molecule has 0 unspecified atom stereocenters. The normalized spacial score (nSPS) is 20.5. The molecule has 0 amide bonds. The number of hydrogen-bond acceptors (Lipinski definition) is 0. The molecule has 0 fully saturated rings. The molecular weight excluding hydrogens is 192 g/mol. The van der Waals surface area contributed by atoms with Crippen LogP contribution in [0, 0.1) is 0 Å². The Morgan fingerprint density at radius 1 is 0.438 bits per heavy atom. The van der Waals surface area contributed by atoms with Gasteiger partial charge in [-0.2, -0.15) is 0 Å². The van der Waals surface area contributed by atoms with E-state index in [0.29, 0.717) is 0 Å². The Hall–Kier alpha value is -0.780. The zero-order valence-electron chi connectivity index (χ0n) is 10.2. The van der Waals surface area contributed by atoms with Gasteiger partial charge < -0.3 is 0 Å². The van der Waals surface area contributed by atoms with Crippen molar-refractivity contribution in [1.82, 2.24) is 0 Å². The van der Waals surface area contributed by atoms with Crippen LogP contribution in [0.25, 0.3) is 0 Å². The standard InChI is InChI=1S/C16H22/c1-3-7-13-11-15-9-5-2-6-10-16(15)12-14(13)8-4-1/h11-12H,1-10H2. The summed E-state index contributed by atoms with van der Waals surface area (Å²) in [5.41, 5.74) is 6.72. The van der Waals surface area contributed by atoms with Gasteiger partial charge in [0.15, 0.2) is 0 Å². The van der Waals surface area contributed by atoms with Crippen molar-refractivity contribution >= 4 is 0 Å². The van der Waals surface area contributed by atoms with Gasteiger partial charge in [-0.25, -0.2) is 0 Å². The molecule has 0 N–H and O–H groups in total. The Morgan fingerprint density at radius 2 is 0.750 bits per heavy atom. The highest BCUT2D eigenvalue weighted by atomic mass is 14.2. The van der Waals surface area contributed by atoms with Crippen molar-refractivity contribution in [3.05, 3.63) is 34.4 Å². The molecule has 2 aliphatic carbocycles. The molecule has 16 heavy (non-hydrogen) atoms. The quantitative estimate of drug-likeness (QED) is 0.567. The zero-order chi connectivity index (χ0) is 10.8. The smallest absolute Gasteiger partial charge is 0.0276 e. The highest BCUT2D eigenvalue weighted by Gasteiger charge is 2.14. The van der Waals surface area contributed by atoms with Crippen LogP contribution in [0.15, 0.2) is 12.1 Å². The van der Waals surface area contributed by atoms with Crippen molar-refractivity contribution in [3.8, 4) is 0 Å². The van der Waals surface area contributed by atoms with Gasteiger partial charge in [-0.3, -0.25) is 0 Å². The summed E-state index contributed by atoms with van der Waals surface area (Å²) in [6.45, 7) is 0. The summed E-state index contributed by atoms with van der Waals surface area (Å²) in [5, 5.41) is 0. The van der Waals surface area contributed by atoms with E-state index in [-0.39, 0.29) is 0 Å². The molecule has 0 atom stereocenters. The predicted molar refractivity (Wildman–Crippen MR) is 69.0 cm³/mol. The SMILES string of the molecule is c1c2c(cc3c1CCCCC3)CCCCC2. The van der Waals surface area contributed by atoms with E-state index in [1.54, 1.807) is 22.3 Å². The minimum atomic E-state index is 1.34. The molecule has 1 aromatic carbocycles. The average Bonchev–Trinajstić information content (AvgIpc) is 2.64. The van der Waals surface area contributed by atoms with Crippen molar-refractivity contribution in [2.24, 2.45) is 0 Å². The molecule has 0 radical (unpaired) electrons. The first kappa shape index (κ1) is 10.4. The lowest BCUT2D eigenvalue weighted by Gasteiger charge is -2.12. The number of rotatable bonds is 0. The van der Waals surface area contributed by atoms with Crippen LogP contribution in [-0.4, -0.2) is 0 Å². The fourth-order valence-electron chi connectivity index (χ4n) is 3.34. The fourth-order valence-corrected chi connectivity index (χ4v) is 3.34. The summed E-state index contributed by atoms with van der Waals surface area (Å²) in [7, 11) is 0. The third-order valence-corrected chi connectivity index (χ3v) is 4.31. The van der Waals surface area contributed by atoms with Crippen LogP contribution in [0.4, 0.5) is 0 Å². The second kappa shape index (κ2) is 4.61. The van der Waals surface area contributed by atoms with Gasteiger partial charge in [0.2, 0.25) is 0 Å². The van der Waals surface area contributed by atoms with E-state index in [1.165, 1.54) is 64.2 Å². The van der Waals surface area contributed by atoms with Gasteiger partial charge in [0.1, 0.15) is 0 Å². The Morgan fingerprint density at radius 3 is 1.06 bits per heavy atom. The van der Waals surface area contributed by atoms with Crippen molar-refractivity contribution < 1.29 is 0 Å². The minimum Gasteiger partial charge on any atom is -0.0553 e. The highest BCUT2D eigenvalue weighted by molar-refractivity contribution is 5.40. The maximum Gasteiger partial charge on any atom is -0.0276 e. The average molecular weight is 214 g/mol. The molecule has 0 nitrogen and oxygen atoms in total. The van der Waals surface area contributed by atoms with Crippen molar-refractivity contribution in [2.75, 3.05) is 0 Å². The maximum absolute atomic E-state index is 2.56. The molecule has 3 rings (SSSR count). The monoisotopic (exact) mass is 214 g/mol. The number of aryl methyl sites for hydroxylation is 4. The molecule has 2 aliphatic rings. The van der Waals surface area contributed by atoms with Gasteiger partial charge in [0, 0.05) is 0 Å². The second-order valence-electron chi connectivity index (χ2n) is 5.51. The Kier molecular flexibility index (Phi) is 2.99. The van der Waals surface area contributed by atoms with Crippen molar-refractivity contribution in [3.63, 3.8) is 0 Å². The summed E-state index contributed by atoms with van der Waals surface area (Å²) in [6, 6.07) is 5.11. The topological polar surface area (TPSA) is 0 Å². The Labute approximate surface area is 99.1 Å². The highest BCUT2D eigenvalue weighted by Crippen LogP contribution is 2.28. The van der Waals surface area contributed by atoms with Crippen LogP contribution in [0.3, 0.4) is 0 Å². The van der Waals surface area contributed by atoms with E-state index in [0.717, 1.165) is 0 Å². The largest absolute Gasteiger partial charge is 0.0553 e. The van der Waals surface area contributed by atoms with E-state index < -0.39 is 0 Å². The van der Waals surface area contributed by atoms with Gasteiger partial charge >= 0.3 is 0 Å². The lowest BCUT2D eigenvalue weighted by molar-refractivity contribution is 0.707. The summed E-state index contributed by atoms with van der Waals surface area (Å²) >= 11 is 0. The van der Waals surface area contributed by atoms with Gasteiger partial charge in [-0.05, 0) is 73.6 Å². The predicted octanol–water partition coefficient (Wildman–Crippen LogP) is 4.22. The maximum atomic E-state index is 2.56. The molecule has 0 bridgehead atoms. The van der Waals surface area contributed by atoms with E-state index in [4.69, 9.17) is 0 Å². The van der Waals surface area contributed by atoms with E-state index in [1.807, 2.05) is 0 Å². The molecule has 0 saturated heterocycles. The Bertz CT molecular complexity index is 308. The first-order valence-corrected chi connectivity index (χ1v) is 7.07. The summed E-state index contributed by atoms with van der Waals surface area (Å²) in [4.78, 5) is 0. The minimum absolute atomic E-state index is 1.34. The lowest BCUT2D eigenvalue weighted by Crippen LogP contribution is -1.98. The molecule has 0 saturated carbocycles. The molecule has 0 aliphatic heterocycles. The summed E-state index contributed by atoms with van der Waals surface area (Å²) in [5.74, 6) is 0. The van der Waals surface area contributed by atoms with E-state index in [2.05, 4.69) is 12.1 Å². The van der Waals surface area contributed by atoms with Gasteiger partial charge in [-0.1, -0.05) is 25.0 Å². The molecule has 0 heteroatoms. The van der Waals surface area contributed by atoms with Gasteiger partial charge in [-0.15, -0.1) is 0 Å². The van der Waals surface area contributed by atoms with Crippen LogP contribution in [0.1, 0.15) is 60.8 Å². The van der Waals surface area contributed by atoms with Crippen LogP contribution < -0.4 is 0 Å². The molecule has 0 spiro atoms. The van der Waals surface area contributed by atoms with Crippen molar-refractivity contribution in [2.45, 2.75) is 64.2 Å². The lowest BCUT2D eigenvalue weighted by atomic mass is 9.93. The molecule has 0 heterocycles. The molecule has 0 aromatic heterocycles. The van der Waals surface area contributed by atoms with Gasteiger partial charge in [0.05, 0.1) is 0 Å². The first-order chi connectivity index (χ1) is 7.93. The zero-order valence-corrected chi connectivity index (χ0v) is 10.2. The van der Waals surface area contributed by atoms with Crippen LogP contribution in [0.5, 0.6) is 0 Å². The fraction of sp³-hybridized carbons (Fsp3) is 0.625.